The van der Waals surface area contributed by atoms with Crippen LogP contribution in [0.15, 0.2) is 24.3 Å². The summed E-state index contributed by atoms with van der Waals surface area (Å²) in [6, 6.07) is 7.73. The highest BCUT2D eigenvalue weighted by molar-refractivity contribution is 5.94. The number of anilines is 1. The van der Waals surface area contributed by atoms with Crippen molar-refractivity contribution >= 4 is 24.0 Å². The van der Waals surface area contributed by atoms with Gasteiger partial charge in [0.2, 0.25) is 0 Å². The van der Waals surface area contributed by atoms with Gasteiger partial charge in [0.1, 0.15) is 6.10 Å². The van der Waals surface area contributed by atoms with Crippen molar-refractivity contribution in [2.75, 3.05) is 11.9 Å². The second-order valence-electron chi connectivity index (χ2n) is 4.42. The number of aryl methyl sites for hydroxylation is 1. The van der Waals surface area contributed by atoms with E-state index in [4.69, 9.17) is 10.5 Å². The minimum atomic E-state index is -0.357. The fourth-order valence-electron chi connectivity index (χ4n) is 2.02. The molecule has 1 fully saturated rings. The Morgan fingerprint density at radius 3 is 2.89 bits per heavy atom. The van der Waals surface area contributed by atoms with E-state index < -0.39 is 0 Å². The van der Waals surface area contributed by atoms with Crippen LogP contribution in [0.4, 0.5) is 5.69 Å². The normalized spacial score (nSPS) is 22.3. The predicted molar refractivity (Wildman–Crippen MR) is 74.0 cm³/mol. The first-order valence-electron chi connectivity index (χ1n) is 5.92. The Morgan fingerprint density at radius 1 is 1.50 bits per heavy atom. The van der Waals surface area contributed by atoms with E-state index in [0.717, 1.165) is 24.1 Å². The van der Waals surface area contributed by atoms with Gasteiger partial charge in [-0.2, -0.15) is 0 Å². The number of amides is 1. The zero-order valence-electron chi connectivity index (χ0n) is 10.4. The number of benzene rings is 1. The van der Waals surface area contributed by atoms with Crippen LogP contribution < -0.4 is 11.1 Å². The first-order valence-corrected chi connectivity index (χ1v) is 5.92. The number of carbonyl (C=O) groups excluding carboxylic acids is 1. The van der Waals surface area contributed by atoms with Crippen LogP contribution in [-0.2, 0) is 9.53 Å². The lowest BCUT2D eigenvalue weighted by molar-refractivity contribution is -0.126. The first kappa shape index (κ1) is 15.0. The van der Waals surface area contributed by atoms with Crippen molar-refractivity contribution in [3.8, 4) is 0 Å². The molecule has 0 spiro atoms. The van der Waals surface area contributed by atoms with Gasteiger partial charge in [-0.3, -0.25) is 4.79 Å². The van der Waals surface area contributed by atoms with Gasteiger partial charge < -0.3 is 15.8 Å². The van der Waals surface area contributed by atoms with Crippen molar-refractivity contribution in [1.29, 1.82) is 0 Å². The molecule has 1 amide bonds. The Morgan fingerprint density at radius 2 is 2.28 bits per heavy atom. The second-order valence-corrected chi connectivity index (χ2v) is 4.42. The molecule has 2 atom stereocenters. The molecule has 100 valence electrons. The van der Waals surface area contributed by atoms with Crippen LogP contribution in [0, 0.1) is 6.92 Å². The maximum atomic E-state index is 11.9. The largest absolute Gasteiger partial charge is 0.364 e. The van der Waals surface area contributed by atoms with E-state index in [2.05, 4.69) is 5.32 Å². The van der Waals surface area contributed by atoms with Gasteiger partial charge in [0.25, 0.3) is 5.91 Å². The quantitative estimate of drug-likeness (QED) is 0.881. The third-order valence-electron chi connectivity index (χ3n) is 2.95. The molecule has 2 rings (SSSR count). The molecule has 1 aromatic carbocycles. The number of rotatable bonds is 3. The fourth-order valence-corrected chi connectivity index (χ4v) is 2.02. The number of carbonyl (C=O) groups is 1. The summed E-state index contributed by atoms with van der Waals surface area (Å²) in [7, 11) is 0. The monoisotopic (exact) mass is 270 g/mol. The van der Waals surface area contributed by atoms with Crippen molar-refractivity contribution in [3.05, 3.63) is 29.8 Å². The molecule has 4 nitrogen and oxygen atoms in total. The van der Waals surface area contributed by atoms with Gasteiger partial charge in [0.15, 0.2) is 0 Å². The Bertz CT molecular complexity index is 412. The van der Waals surface area contributed by atoms with Crippen molar-refractivity contribution in [2.45, 2.75) is 32.0 Å². The molecular weight excluding hydrogens is 252 g/mol. The maximum Gasteiger partial charge on any atom is 0.253 e. The molecule has 0 unspecified atom stereocenters. The molecule has 3 N–H and O–H groups in total. The Hall–Kier alpha value is -1.10. The van der Waals surface area contributed by atoms with Crippen LogP contribution in [0.2, 0.25) is 0 Å². The third kappa shape index (κ3) is 3.70. The number of halogens is 1. The summed E-state index contributed by atoms with van der Waals surface area (Å²) in [4.78, 5) is 11.9. The lowest BCUT2D eigenvalue weighted by atomic mass is 10.1. The zero-order valence-corrected chi connectivity index (χ0v) is 11.2. The summed E-state index contributed by atoms with van der Waals surface area (Å²) in [6.45, 7) is 2.47. The van der Waals surface area contributed by atoms with Gasteiger partial charge in [-0.1, -0.05) is 12.1 Å². The molecule has 1 aromatic rings. The lowest BCUT2D eigenvalue weighted by Crippen LogP contribution is -2.29. The van der Waals surface area contributed by atoms with E-state index in [-0.39, 0.29) is 30.5 Å². The maximum absolute atomic E-state index is 11.9. The number of hydrogen-bond donors (Lipinski definition) is 2. The fraction of sp³-hybridized carbons (Fsp3) is 0.462. The molecule has 18 heavy (non-hydrogen) atoms. The first-order chi connectivity index (χ1) is 8.19. The number of hydrogen-bond acceptors (Lipinski definition) is 3. The van der Waals surface area contributed by atoms with Gasteiger partial charge in [-0.15, -0.1) is 12.4 Å². The SMILES string of the molecule is Cc1cccc(NC(=O)[C@@H]2CC[C@H](CN)O2)c1.Cl. The topological polar surface area (TPSA) is 64.4 Å². The van der Waals surface area contributed by atoms with Crippen molar-refractivity contribution in [1.82, 2.24) is 0 Å². The van der Waals surface area contributed by atoms with E-state index >= 15 is 0 Å². The highest BCUT2D eigenvalue weighted by atomic mass is 35.5. The van der Waals surface area contributed by atoms with E-state index in [1.807, 2.05) is 31.2 Å². The molecule has 1 aliphatic heterocycles. The summed E-state index contributed by atoms with van der Waals surface area (Å²) in [5.74, 6) is -0.0773. The standard InChI is InChI=1S/C13H18N2O2.ClH/c1-9-3-2-4-10(7-9)15-13(16)12-6-5-11(8-14)17-12;/h2-4,7,11-12H,5-6,8,14H2,1H3,(H,15,16);1H/t11-,12+;/m1./s1. The number of ether oxygens (including phenoxy) is 1. The van der Waals surface area contributed by atoms with E-state index in [1.54, 1.807) is 0 Å². The van der Waals surface area contributed by atoms with Gasteiger partial charge in [0.05, 0.1) is 6.10 Å². The van der Waals surface area contributed by atoms with Crippen molar-refractivity contribution < 1.29 is 9.53 Å². The Balaban J connectivity index is 0.00000162. The van der Waals surface area contributed by atoms with Crippen LogP contribution in [0.5, 0.6) is 0 Å². The molecule has 0 aliphatic carbocycles. The summed E-state index contributed by atoms with van der Waals surface area (Å²) in [6.07, 6.45) is 1.29. The van der Waals surface area contributed by atoms with Crippen LogP contribution in [-0.4, -0.2) is 24.7 Å². The third-order valence-corrected chi connectivity index (χ3v) is 2.95. The molecule has 0 bridgehead atoms. The Kier molecular flexibility index (Phi) is 5.59. The smallest absolute Gasteiger partial charge is 0.253 e. The molecule has 1 aliphatic rings. The van der Waals surface area contributed by atoms with E-state index in [0.29, 0.717) is 6.54 Å². The molecule has 1 saturated heterocycles. The predicted octanol–water partition coefficient (Wildman–Crippen LogP) is 1.86. The Labute approximate surface area is 113 Å². The summed E-state index contributed by atoms with van der Waals surface area (Å²) >= 11 is 0. The summed E-state index contributed by atoms with van der Waals surface area (Å²) in [5.41, 5.74) is 7.45. The van der Waals surface area contributed by atoms with Gasteiger partial charge in [-0.05, 0) is 37.5 Å². The number of nitrogens with two attached hydrogens (primary N) is 1. The molecule has 0 radical (unpaired) electrons. The highest BCUT2D eigenvalue weighted by Crippen LogP contribution is 2.20. The van der Waals surface area contributed by atoms with Crippen molar-refractivity contribution in [2.24, 2.45) is 5.73 Å². The lowest BCUT2D eigenvalue weighted by Gasteiger charge is -2.12. The minimum absolute atomic E-state index is 0. The van der Waals surface area contributed by atoms with Crippen LogP contribution in [0.3, 0.4) is 0 Å². The minimum Gasteiger partial charge on any atom is -0.364 e. The average molecular weight is 271 g/mol. The molecule has 1 heterocycles. The van der Waals surface area contributed by atoms with Gasteiger partial charge in [-0.25, -0.2) is 0 Å². The molecule has 5 heteroatoms. The molecule has 0 aromatic heterocycles. The number of nitrogens with one attached hydrogen (secondary N) is 1. The van der Waals surface area contributed by atoms with Gasteiger partial charge in [0, 0.05) is 12.2 Å². The second kappa shape index (κ2) is 6.73. The average Bonchev–Trinajstić information content (AvgIpc) is 2.77. The molecular formula is C13H19ClN2O2. The van der Waals surface area contributed by atoms with E-state index in [1.165, 1.54) is 0 Å². The van der Waals surface area contributed by atoms with E-state index in [9.17, 15) is 4.79 Å². The summed E-state index contributed by atoms with van der Waals surface area (Å²) in [5, 5.41) is 2.86. The highest BCUT2D eigenvalue weighted by Gasteiger charge is 2.29. The van der Waals surface area contributed by atoms with Crippen molar-refractivity contribution in [3.63, 3.8) is 0 Å². The molecule has 0 saturated carbocycles. The van der Waals surface area contributed by atoms with Crippen LogP contribution in [0.25, 0.3) is 0 Å². The van der Waals surface area contributed by atoms with Crippen LogP contribution >= 0.6 is 12.4 Å². The van der Waals surface area contributed by atoms with Crippen LogP contribution in [0.1, 0.15) is 18.4 Å². The summed E-state index contributed by atoms with van der Waals surface area (Å²) < 4.78 is 5.54. The van der Waals surface area contributed by atoms with Gasteiger partial charge >= 0.3 is 0 Å². The zero-order chi connectivity index (χ0) is 12.3.